The number of hydrogen-bond donors (Lipinski definition) is 2. The zero-order valence-corrected chi connectivity index (χ0v) is 17.3. The highest BCUT2D eigenvalue weighted by Gasteiger charge is 2.31. The lowest BCUT2D eigenvalue weighted by molar-refractivity contribution is 0.0783. The quantitative estimate of drug-likeness (QED) is 0.406. The van der Waals surface area contributed by atoms with Crippen molar-refractivity contribution >= 4 is 53.0 Å². The Hall–Kier alpha value is -0.0600. The fraction of sp³-hybridized carbons (Fsp3) is 0.714. The van der Waals surface area contributed by atoms with Gasteiger partial charge in [0.1, 0.15) is 5.01 Å². The van der Waals surface area contributed by atoms with Crippen molar-refractivity contribution in [2.75, 3.05) is 33.1 Å². The molecule has 1 aliphatic heterocycles. The number of nitrogens with zero attached hydrogens (tertiary/aromatic N) is 2. The molecule has 0 radical (unpaired) electrons. The third-order valence-electron chi connectivity index (χ3n) is 3.71. The number of guanidine groups is 1. The van der Waals surface area contributed by atoms with E-state index in [0.29, 0.717) is 6.54 Å². The van der Waals surface area contributed by atoms with Crippen LogP contribution in [0.1, 0.15) is 22.7 Å². The van der Waals surface area contributed by atoms with Crippen LogP contribution in [0.5, 0.6) is 0 Å². The molecule has 1 fully saturated rings. The van der Waals surface area contributed by atoms with Gasteiger partial charge in [0, 0.05) is 42.6 Å². The van der Waals surface area contributed by atoms with Crippen molar-refractivity contribution in [2.24, 2.45) is 4.99 Å². The highest BCUT2D eigenvalue weighted by atomic mass is 127. The molecule has 5 nitrogen and oxygen atoms in total. The maximum Gasteiger partial charge on any atom is 0.191 e. The predicted molar refractivity (Wildman–Crippen MR) is 107 cm³/mol. The van der Waals surface area contributed by atoms with E-state index in [2.05, 4.69) is 33.8 Å². The first-order valence-electron chi connectivity index (χ1n) is 7.16. The van der Waals surface area contributed by atoms with Gasteiger partial charge in [0.05, 0.1) is 6.54 Å². The fourth-order valence-electron chi connectivity index (χ4n) is 2.30. The van der Waals surface area contributed by atoms with E-state index in [4.69, 9.17) is 4.74 Å². The summed E-state index contributed by atoms with van der Waals surface area (Å²) in [5.41, 5.74) is 0. The topological polar surface area (TPSA) is 58.5 Å². The fourth-order valence-corrected chi connectivity index (χ4v) is 3.82. The molecular weight excluding hydrogens is 431 g/mol. The van der Waals surface area contributed by atoms with Gasteiger partial charge < -0.3 is 15.4 Å². The van der Waals surface area contributed by atoms with E-state index >= 15 is 0 Å². The minimum Gasteiger partial charge on any atom is -0.381 e. The molecule has 22 heavy (non-hydrogen) atoms. The molecule has 2 rings (SSSR count). The first-order chi connectivity index (χ1) is 10.2. The van der Waals surface area contributed by atoms with Gasteiger partial charge in [-0.3, -0.25) is 4.99 Å². The molecular formula is C14H25IN4OS2. The number of rotatable bonds is 5. The van der Waals surface area contributed by atoms with Crippen LogP contribution < -0.4 is 10.6 Å². The van der Waals surface area contributed by atoms with E-state index in [0.717, 1.165) is 43.6 Å². The van der Waals surface area contributed by atoms with Crippen molar-refractivity contribution in [1.82, 2.24) is 15.6 Å². The molecule has 1 aliphatic rings. The molecule has 126 valence electrons. The molecule has 0 unspecified atom stereocenters. The highest BCUT2D eigenvalue weighted by molar-refractivity contribution is 14.0. The largest absolute Gasteiger partial charge is 0.381 e. The molecule has 0 aliphatic carbocycles. The van der Waals surface area contributed by atoms with Crippen LogP contribution >= 0.6 is 47.1 Å². The Morgan fingerprint density at radius 3 is 2.73 bits per heavy atom. The summed E-state index contributed by atoms with van der Waals surface area (Å²) in [5.74, 6) is 0.836. The monoisotopic (exact) mass is 456 g/mol. The lowest BCUT2D eigenvalue weighted by Crippen LogP contribution is -2.47. The molecule has 1 aromatic heterocycles. The summed E-state index contributed by atoms with van der Waals surface area (Å²) in [7, 11) is 1.80. The molecule has 0 bridgehead atoms. The summed E-state index contributed by atoms with van der Waals surface area (Å²) in [5, 5.41) is 7.86. The lowest BCUT2D eigenvalue weighted by Gasteiger charge is -2.36. The Labute approximate surface area is 158 Å². The molecule has 8 heteroatoms. The minimum atomic E-state index is 0. The molecule has 0 amide bonds. The van der Waals surface area contributed by atoms with Gasteiger partial charge in [-0.25, -0.2) is 4.98 Å². The maximum atomic E-state index is 5.47. The Morgan fingerprint density at radius 1 is 1.45 bits per heavy atom. The van der Waals surface area contributed by atoms with Crippen LogP contribution in [0.25, 0.3) is 0 Å². The number of aromatic nitrogens is 1. The van der Waals surface area contributed by atoms with Crippen molar-refractivity contribution < 1.29 is 4.74 Å². The Morgan fingerprint density at radius 2 is 2.18 bits per heavy atom. The summed E-state index contributed by atoms with van der Waals surface area (Å²) < 4.78 is 5.73. The van der Waals surface area contributed by atoms with Crippen LogP contribution in [-0.4, -0.2) is 48.8 Å². The smallest absolute Gasteiger partial charge is 0.191 e. The Bertz CT molecular complexity index is 475. The van der Waals surface area contributed by atoms with Gasteiger partial charge in [-0.05, 0) is 26.0 Å². The summed E-state index contributed by atoms with van der Waals surface area (Å²) >= 11 is 3.64. The van der Waals surface area contributed by atoms with E-state index in [1.807, 2.05) is 18.0 Å². The number of ether oxygens (including phenoxy) is 1. The molecule has 2 N–H and O–H groups in total. The normalized spacial score (nSPS) is 17.7. The van der Waals surface area contributed by atoms with Crippen LogP contribution in [0, 0.1) is 6.92 Å². The van der Waals surface area contributed by atoms with E-state index in [1.54, 1.807) is 18.4 Å². The number of thiazole rings is 1. The average molecular weight is 456 g/mol. The molecule has 0 aromatic carbocycles. The van der Waals surface area contributed by atoms with Gasteiger partial charge in [0.15, 0.2) is 5.96 Å². The summed E-state index contributed by atoms with van der Waals surface area (Å²) in [6.45, 7) is 5.41. The number of nitrogens with one attached hydrogen (secondary N) is 2. The number of halogens is 1. The molecule has 0 saturated carbocycles. The number of aliphatic imine (C=N–C) groups is 1. The highest BCUT2D eigenvalue weighted by Crippen LogP contribution is 2.32. The van der Waals surface area contributed by atoms with Gasteiger partial charge in [-0.1, -0.05) is 0 Å². The third kappa shape index (κ3) is 5.86. The van der Waals surface area contributed by atoms with Gasteiger partial charge in [-0.2, -0.15) is 11.8 Å². The van der Waals surface area contributed by atoms with Gasteiger partial charge >= 0.3 is 0 Å². The first kappa shape index (κ1) is 20.0. The van der Waals surface area contributed by atoms with Gasteiger partial charge in [0.25, 0.3) is 0 Å². The number of hydrogen-bond acceptors (Lipinski definition) is 5. The second kappa shape index (κ2) is 9.94. The standard InChI is InChI=1S/C14H24N4OS2.HI/c1-11-8-16-12(21-11)9-17-13(15-2)18-10-14(20-3)4-6-19-7-5-14;/h8H,4-7,9-10H2,1-3H3,(H2,15,17,18);1H. The van der Waals surface area contributed by atoms with Crippen LogP contribution in [-0.2, 0) is 11.3 Å². The minimum absolute atomic E-state index is 0. The predicted octanol–water partition coefficient (Wildman–Crippen LogP) is 2.65. The number of aryl methyl sites for hydroxylation is 1. The summed E-state index contributed by atoms with van der Waals surface area (Å²) in [6.07, 6.45) is 6.26. The van der Waals surface area contributed by atoms with E-state index in [-0.39, 0.29) is 28.7 Å². The van der Waals surface area contributed by atoms with Crippen molar-refractivity contribution in [3.63, 3.8) is 0 Å². The number of thioether (sulfide) groups is 1. The van der Waals surface area contributed by atoms with Crippen LogP contribution in [0.2, 0.25) is 0 Å². The van der Waals surface area contributed by atoms with Crippen molar-refractivity contribution in [2.45, 2.75) is 31.1 Å². The van der Waals surface area contributed by atoms with E-state index < -0.39 is 0 Å². The van der Waals surface area contributed by atoms with Gasteiger partial charge in [-0.15, -0.1) is 35.3 Å². The Kier molecular flexibility index (Phi) is 9.03. The van der Waals surface area contributed by atoms with Crippen LogP contribution in [0.3, 0.4) is 0 Å². The van der Waals surface area contributed by atoms with Crippen molar-refractivity contribution in [3.05, 3.63) is 16.1 Å². The molecule has 2 heterocycles. The average Bonchev–Trinajstić information content (AvgIpc) is 2.94. The molecule has 0 spiro atoms. The second-order valence-electron chi connectivity index (χ2n) is 5.14. The Balaban J connectivity index is 0.00000242. The zero-order valence-electron chi connectivity index (χ0n) is 13.3. The zero-order chi connectivity index (χ0) is 15.1. The van der Waals surface area contributed by atoms with Crippen molar-refractivity contribution in [3.8, 4) is 0 Å². The first-order valence-corrected chi connectivity index (χ1v) is 9.20. The maximum absolute atomic E-state index is 5.47. The SMILES string of the molecule is CN=C(NCc1ncc(C)s1)NCC1(SC)CCOCC1.I. The summed E-state index contributed by atoms with van der Waals surface area (Å²) in [4.78, 5) is 9.88. The molecule has 1 aromatic rings. The third-order valence-corrected chi connectivity index (χ3v) is 6.05. The molecule has 1 saturated heterocycles. The lowest BCUT2D eigenvalue weighted by atomic mass is 9.99. The van der Waals surface area contributed by atoms with Crippen molar-refractivity contribution in [1.29, 1.82) is 0 Å². The second-order valence-corrected chi connectivity index (χ2v) is 7.74. The van der Waals surface area contributed by atoms with Crippen LogP contribution in [0.4, 0.5) is 0 Å². The van der Waals surface area contributed by atoms with Gasteiger partial charge in [0.2, 0.25) is 0 Å². The van der Waals surface area contributed by atoms with Crippen LogP contribution in [0.15, 0.2) is 11.2 Å². The van der Waals surface area contributed by atoms with E-state index in [1.165, 1.54) is 4.88 Å². The van der Waals surface area contributed by atoms with E-state index in [9.17, 15) is 0 Å². The molecule has 0 atom stereocenters. The summed E-state index contributed by atoms with van der Waals surface area (Å²) in [6, 6.07) is 0.